The number of hydrogen-bond donors (Lipinski definition) is 1. The molecule has 31 heavy (non-hydrogen) atoms. The van der Waals surface area contributed by atoms with E-state index in [0.29, 0.717) is 17.9 Å². The number of alkyl halides is 2. The first-order valence-electron chi connectivity index (χ1n) is 11.7. The lowest BCUT2D eigenvalue weighted by molar-refractivity contribution is -0.139. The van der Waals surface area contributed by atoms with Crippen LogP contribution in [0.15, 0.2) is 47.6 Å². The molecule has 0 aromatic carbocycles. The Kier molecular flexibility index (Phi) is 7.60. The average molecular weight is 463 g/mol. The average Bonchev–Trinajstić information content (AvgIpc) is 2.80. The molecule has 0 aromatic rings. The molecule has 0 radical (unpaired) electrons. The lowest BCUT2D eigenvalue weighted by Gasteiger charge is -2.39. The van der Waals surface area contributed by atoms with Gasteiger partial charge in [0.05, 0.1) is 16.7 Å². The van der Waals surface area contributed by atoms with Crippen LogP contribution >= 0.6 is 23.2 Å². The summed E-state index contributed by atoms with van der Waals surface area (Å²) in [6.45, 7) is 1.59. The van der Waals surface area contributed by atoms with E-state index in [1.54, 1.807) is 6.08 Å². The van der Waals surface area contributed by atoms with Crippen molar-refractivity contribution in [2.24, 2.45) is 11.8 Å². The van der Waals surface area contributed by atoms with E-state index in [2.05, 4.69) is 23.5 Å². The van der Waals surface area contributed by atoms with E-state index in [1.165, 1.54) is 5.57 Å². The Bertz CT molecular complexity index is 808. The summed E-state index contributed by atoms with van der Waals surface area (Å²) in [6, 6.07) is -0.0841. The number of amides is 2. The molecule has 0 aromatic heterocycles. The van der Waals surface area contributed by atoms with Gasteiger partial charge in [0.1, 0.15) is 0 Å². The fourth-order valence-electron chi connectivity index (χ4n) is 5.19. The maximum atomic E-state index is 13.4. The second-order valence-corrected chi connectivity index (χ2v) is 10.3. The Morgan fingerprint density at radius 1 is 0.903 bits per heavy atom. The predicted octanol–water partition coefficient (Wildman–Crippen LogP) is 4.89. The molecule has 4 aliphatic rings. The van der Waals surface area contributed by atoms with E-state index < -0.39 is 0 Å². The third-order valence-electron chi connectivity index (χ3n) is 7.06. The number of nitrogens with one attached hydrogen (secondary N) is 1. The van der Waals surface area contributed by atoms with Crippen molar-refractivity contribution >= 4 is 35.0 Å². The van der Waals surface area contributed by atoms with Crippen molar-refractivity contribution in [1.29, 1.82) is 0 Å². The summed E-state index contributed by atoms with van der Waals surface area (Å²) in [4.78, 5) is 28.1. The van der Waals surface area contributed by atoms with Gasteiger partial charge in [0.2, 0.25) is 5.91 Å². The van der Waals surface area contributed by atoms with Gasteiger partial charge in [-0.05, 0) is 50.0 Å². The highest BCUT2D eigenvalue weighted by molar-refractivity contribution is 6.22. The molecular formula is C25H32Cl2N2O2. The van der Waals surface area contributed by atoms with Crippen LogP contribution in [0.25, 0.3) is 0 Å². The van der Waals surface area contributed by atoms with Crippen LogP contribution in [0, 0.1) is 11.8 Å². The Morgan fingerprint density at radius 3 is 2.23 bits per heavy atom. The Labute approximate surface area is 195 Å². The number of rotatable bonds is 4. The van der Waals surface area contributed by atoms with E-state index in [-0.39, 0.29) is 34.5 Å². The molecule has 3 aliphatic carbocycles. The summed E-state index contributed by atoms with van der Waals surface area (Å²) in [5.74, 6) is 0.527. The smallest absolute Gasteiger partial charge is 0.251 e. The predicted molar refractivity (Wildman–Crippen MR) is 126 cm³/mol. The monoisotopic (exact) mass is 462 g/mol. The van der Waals surface area contributed by atoms with Gasteiger partial charge in [-0.15, -0.1) is 23.2 Å². The van der Waals surface area contributed by atoms with Crippen LogP contribution in [0.4, 0.5) is 0 Å². The number of hydrogen-bond acceptors (Lipinski definition) is 2. The van der Waals surface area contributed by atoms with E-state index in [4.69, 9.17) is 23.2 Å². The van der Waals surface area contributed by atoms with Gasteiger partial charge < -0.3 is 10.2 Å². The second kappa shape index (κ2) is 10.4. The molecular weight excluding hydrogens is 431 g/mol. The van der Waals surface area contributed by atoms with Crippen molar-refractivity contribution in [1.82, 2.24) is 10.2 Å². The Hall–Kier alpha value is -1.52. The van der Waals surface area contributed by atoms with Crippen LogP contribution in [0.5, 0.6) is 0 Å². The minimum Gasteiger partial charge on any atom is -0.349 e. The molecule has 0 bridgehead atoms. The first kappa shape index (κ1) is 22.7. The maximum Gasteiger partial charge on any atom is 0.251 e. The molecule has 1 N–H and O–H groups in total. The van der Waals surface area contributed by atoms with Crippen molar-refractivity contribution in [3.63, 3.8) is 0 Å². The van der Waals surface area contributed by atoms with Crippen molar-refractivity contribution in [3.05, 3.63) is 47.6 Å². The van der Waals surface area contributed by atoms with E-state index in [9.17, 15) is 9.59 Å². The van der Waals surface area contributed by atoms with Gasteiger partial charge in [0.25, 0.3) is 5.91 Å². The minimum atomic E-state index is -0.117. The molecule has 4 atom stereocenters. The first-order chi connectivity index (χ1) is 15.0. The Morgan fingerprint density at radius 2 is 1.58 bits per heavy atom. The number of halogens is 2. The fraction of sp³-hybridized carbons (Fsp3) is 0.600. The summed E-state index contributed by atoms with van der Waals surface area (Å²) < 4.78 is 0. The van der Waals surface area contributed by atoms with Crippen molar-refractivity contribution in [2.45, 2.75) is 68.2 Å². The van der Waals surface area contributed by atoms with Crippen LogP contribution in [0.1, 0.15) is 51.4 Å². The normalized spacial score (nSPS) is 31.7. The van der Waals surface area contributed by atoms with Gasteiger partial charge in [-0.3, -0.25) is 9.59 Å². The number of carbonyl (C=O) groups excluding carboxylic acids is 2. The summed E-state index contributed by atoms with van der Waals surface area (Å²) in [5, 5.41) is 3.23. The number of likely N-dealkylation sites (tertiary alicyclic amines) is 1. The van der Waals surface area contributed by atoms with Gasteiger partial charge >= 0.3 is 0 Å². The lowest BCUT2D eigenvalue weighted by atomic mass is 9.81. The van der Waals surface area contributed by atoms with E-state index in [0.717, 1.165) is 58.0 Å². The van der Waals surface area contributed by atoms with Crippen molar-refractivity contribution in [2.75, 3.05) is 13.1 Å². The highest BCUT2D eigenvalue weighted by Gasteiger charge is 2.36. The molecule has 2 fully saturated rings. The molecule has 1 aliphatic heterocycles. The minimum absolute atomic E-state index is 0.0419. The van der Waals surface area contributed by atoms with E-state index in [1.807, 2.05) is 17.1 Å². The van der Waals surface area contributed by atoms with Crippen molar-refractivity contribution in [3.8, 4) is 0 Å². The summed E-state index contributed by atoms with van der Waals surface area (Å²) in [5.41, 5.74) is 2.03. The van der Waals surface area contributed by atoms with Gasteiger partial charge in [-0.2, -0.15) is 0 Å². The summed E-state index contributed by atoms with van der Waals surface area (Å²) in [7, 11) is 0. The van der Waals surface area contributed by atoms with Crippen LogP contribution in [-0.2, 0) is 9.59 Å². The number of carbonyl (C=O) groups is 2. The standard InChI is InChI=1S/C25H32Cl2N2O2/c26-20-9-5-17(6-10-20)18-13-15-29(16-14-18)25(31)22-3-1-2-4-23(22)28-24(30)19-7-11-21(27)12-8-19/h5-9,11,18,20-23H,1-4,10,12-16H2,(H,28,30)/t20?,21?,22-,23+/m0/s1. The summed E-state index contributed by atoms with van der Waals surface area (Å²) >= 11 is 12.2. The molecule has 2 amide bonds. The third-order valence-corrected chi connectivity index (χ3v) is 7.71. The van der Waals surface area contributed by atoms with Crippen LogP contribution in [-0.4, -0.2) is 46.6 Å². The fourth-order valence-corrected chi connectivity index (χ4v) is 5.52. The molecule has 168 valence electrons. The SMILES string of the molecule is O=C(N[C@@H]1CCCC[C@@H]1C(=O)N1CCC(C2=CCC(Cl)C=C2)CC1)C1=CCC(Cl)C=C1. The molecule has 2 unspecified atom stereocenters. The number of nitrogens with zero attached hydrogens (tertiary/aromatic N) is 1. The molecule has 6 heteroatoms. The molecule has 4 rings (SSSR count). The molecule has 0 spiro atoms. The zero-order valence-corrected chi connectivity index (χ0v) is 19.5. The summed E-state index contributed by atoms with van der Waals surface area (Å²) in [6.07, 6.45) is 19.4. The van der Waals surface area contributed by atoms with Crippen LogP contribution < -0.4 is 5.32 Å². The molecule has 1 saturated heterocycles. The zero-order chi connectivity index (χ0) is 21.8. The van der Waals surface area contributed by atoms with Crippen LogP contribution in [0.2, 0.25) is 0 Å². The van der Waals surface area contributed by atoms with Crippen molar-refractivity contribution < 1.29 is 9.59 Å². The van der Waals surface area contributed by atoms with Gasteiger partial charge in [0.15, 0.2) is 0 Å². The highest BCUT2D eigenvalue weighted by Crippen LogP contribution is 2.32. The molecule has 1 saturated carbocycles. The molecule has 4 nitrogen and oxygen atoms in total. The highest BCUT2D eigenvalue weighted by atomic mass is 35.5. The second-order valence-electron chi connectivity index (χ2n) is 9.16. The quantitative estimate of drug-likeness (QED) is 0.604. The van der Waals surface area contributed by atoms with Gasteiger partial charge in [-0.25, -0.2) is 0 Å². The number of allylic oxidation sites excluding steroid dienone is 6. The topological polar surface area (TPSA) is 49.4 Å². The number of piperidine rings is 1. The van der Waals surface area contributed by atoms with Gasteiger partial charge in [0, 0.05) is 24.7 Å². The lowest BCUT2D eigenvalue weighted by Crippen LogP contribution is -2.51. The van der Waals surface area contributed by atoms with Crippen LogP contribution in [0.3, 0.4) is 0 Å². The Balaban J connectivity index is 1.33. The molecule has 1 heterocycles. The largest absolute Gasteiger partial charge is 0.349 e. The zero-order valence-electron chi connectivity index (χ0n) is 17.9. The maximum absolute atomic E-state index is 13.4. The first-order valence-corrected chi connectivity index (χ1v) is 12.5. The van der Waals surface area contributed by atoms with E-state index >= 15 is 0 Å². The van der Waals surface area contributed by atoms with Gasteiger partial charge in [-0.1, -0.05) is 49.3 Å². The third kappa shape index (κ3) is 5.64.